The van der Waals surface area contributed by atoms with Gasteiger partial charge in [0.2, 0.25) is 0 Å². The van der Waals surface area contributed by atoms with E-state index in [0.29, 0.717) is 0 Å². The van der Waals surface area contributed by atoms with Crippen LogP contribution in [0.25, 0.3) is 10.8 Å². The van der Waals surface area contributed by atoms with Gasteiger partial charge in [0.25, 0.3) is 0 Å². The quantitative estimate of drug-likeness (QED) is 0.606. The number of benzene rings is 2. The summed E-state index contributed by atoms with van der Waals surface area (Å²) < 4.78 is 5.85. The van der Waals surface area contributed by atoms with Gasteiger partial charge in [0, 0.05) is 5.39 Å². The molecule has 19 heavy (non-hydrogen) atoms. The van der Waals surface area contributed by atoms with E-state index in [1.54, 1.807) is 0 Å². The zero-order valence-electron chi connectivity index (χ0n) is 12.1. The van der Waals surface area contributed by atoms with E-state index in [-0.39, 0.29) is 0 Å². The summed E-state index contributed by atoms with van der Waals surface area (Å²) in [5.74, 6) is 1.02. The number of rotatable bonds is 7. The van der Waals surface area contributed by atoms with Gasteiger partial charge in [0.15, 0.2) is 0 Å². The molecule has 0 atom stereocenters. The highest BCUT2D eigenvalue weighted by Gasteiger charge is 2.03. The third-order valence-corrected chi connectivity index (χ3v) is 3.44. The largest absolute Gasteiger partial charge is 0.493 e. The van der Waals surface area contributed by atoms with Crippen LogP contribution in [0.1, 0.15) is 45.1 Å². The minimum Gasteiger partial charge on any atom is -0.493 e. The lowest BCUT2D eigenvalue weighted by molar-refractivity contribution is 0.321. The number of fused-ring (bicyclic) bond motifs is 1. The lowest BCUT2D eigenvalue weighted by Gasteiger charge is -2.10. The van der Waals surface area contributed by atoms with Crippen LogP contribution in [0.15, 0.2) is 36.4 Å². The molecule has 0 saturated heterocycles. The van der Waals surface area contributed by atoms with E-state index in [9.17, 15) is 0 Å². The second-order valence-electron chi connectivity index (χ2n) is 5.12. The highest BCUT2D eigenvalue weighted by Crippen LogP contribution is 2.27. The first-order valence-electron chi connectivity index (χ1n) is 7.49. The zero-order chi connectivity index (χ0) is 13.5. The Hall–Kier alpha value is -1.50. The minimum atomic E-state index is 0.791. The van der Waals surface area contributed by atoms with Gasteiger partial charge in [-0.3, -0.25) is 0 Å². The Morgan fingerprint density at radius 3 is 2.63 bits per heavy atom. The van der Waals surface area contributed by atoms with Crippen molar-refractivity contribution in [2.75, 3.05) is 6.61 Å². The summed E-state index contributed by atoms with van der Waals surface area (Å²) in [5.41, 5.74) is 1.42. The van der Waals surface area contributed by atoms with Crippen molar-refractivity contribution in [2.45, 2.75) is 46.0 Å². The summed E-state index contributed by atoms with van der Waals surface area (Å²) >= 11 is 0. The third-order valence-electron chi connectivity index (χ3n) is 3.44. The Bertz CT molecular complexity index is 516. The van der Waals surface area contributed by atoms with Crippen molar-refractivity contribution in [2.24, 2.45) is 0 Å². The van der Waals surface area contributed by atoms with Crippen molar-refractivity contribution in [3.63, 3.8) is 0 Å². The summed E-state index contributed by atoms with van der Waals surface area (Å²) in [6, 6.07) is 13.1. The molecule has 0 bridgehead atoms. The summed E-state index contributed by atoms with van der Waals surface area (Å²) in [4.78, 5) is 0. The Morgan fingerprint density at radius 1 is 0.947 bits per heavy atom. The lowest BCUT2D eigenvalue weighted by atomic mass is 10.0. The van der Waals surface area contributed by atoms with E-state index in [1.807, 2.05) is 0 Å². The van der Waals surface area contributed by atoms with Crippen LogP contribution in [0, 0.1) is 0 Å². The topological polar surface area (TPSA) is 9.23 Å². The number of aryl methyl sites for hydroxylation is 1. The molecule has 0 radical (unpaired) electrons. The predicted octanol–water partition coefficient (Wildman–Crippen LogP) is 5.36. The molecule has 2 aromatic rings. The molecule has 0 unspecified atom stereocenters. The summed E-state index contributed by atoms with van der Waals surface area (Å²) in [5, 5.41) is 2.53. The van der Waals surface area contributed by atoms with Crippen LogP contribution in [0.5, 0.6) is 5.75 Å². The van der Waals surface area contributed by atoms with Crippen molar-refractivity contribution < 1.29 is 4.74 Å². The lowest BCUT2D eigenvalue weighted by Crippen LogP contribution is -1.96. The molecular formula is C18H24O. The summed E-state index contributed by atoms with van der Waals surface area (Å²) in [6.45, 7) is 5.18. The smallest absolute Gasteiger partial charge is 0.127 e. The van der Waals surface area contributed by atoms with Gasteiger partial charge >= 0.3 is 0 Å². The average Bonchev–Trinajstić information content (AvgIpc) is 2.45. The molecule has 0 aliphatic carbocycles. The van der Waals surface area contributed by atoms with E-state index in [4.69, 9.17) is 4.74 Å². The fraction of sp³-hybridized carbons (Fsp3) is 0.444. The van der Waals surface area contributed by atoms with Crippen LogP contribution in [0.4, 0.5) is 0 Å². The minimum absolute atomic E-state index is 0.791. The van der Waals surface area contributed by atoms with Crippen LogP contribution in [0.3, 0.4) is 0 Å². The maximum Gasteiger partial charge on any atom is 0.127 e. The molecule has 0 heterocycles. The molecule has 102 valence electrons. The highest BCUT2D eigenvalue weighted by molar-refractivity contribution is 5.88. The fourth-order valence-electron chi connectivity index (χ4n) is 2.36. The van der Waals surface area contributed by atoms with Crippen LogP contribution in [-0.4, -0.2) is 6.61 Å². The van der Waals surface area contributed by atoms with E-state index in [1.165, 1.54) is 42.0 Å². The molecule has 2 aromatic carbocycles. The van der Waals surface area contributed by atoms with Crippen LogP contribution in [0.2, 0.25) is 0 Å². The maximum absolute atomic E-state index is 5.85. The molecule has 0 fully saturated rings. The standard InChI is InChI=1S/C18H24O/c1-3-5-6-8-15-11-12-16-9-7-10-18(17(16)14-15)19-13-4-2/h7,9-12,14H,3-6,8,13H2,1-2H3. The Kier molecular flexibility index (Phi) is 5.26. The molecule has 0 aromatic heterocycles. The zero-order valence-corrected chi connectivity index (χ0v) is 12.1. The molecule has 2 rings (SSSR count). The molecule has 1 nitrogen and oxygen atoms in total. The van der Waals surface area contributed by atoms with E-state index < -0.39 is 0 Å². The second-order valence-corrected chi connectivity index (χ2v) is 5.12. The van der Waals surface area contributed by atoms with Crippen LogP contribution < -0.4 is 4.74 Å². The Balaban J connectivity index is 2.22. The Labute approximate surface area is 116 Å². The van der Waals surface area contributed by atoms with Gasteiger partial charge in [0.1, 0.15) is 5.75 Å². The molecule has 0 N–H and O–H groups in total. The predicted molar refractivity (Wildman–Crippen MR) is 83.0 cm³/mol. The molecular weight excluding hydrogens is 232 g/mol. The second kappa shape index (κ2) is 7.18. The van der Waals surface area contributed by atoms with Gasteiger partial charge in [-0.1, -0.05) is 51.0 Å². The molecule has 0 aliphatic heterocycles. The van der Waals surface area contributed by atoms with Crippen molar-refractivity contribution in [3.8, 4) is 5.75 Å². The average molecular weight is 256 g/mol. The van der Waals surface area contributed by atoms with Crippen LogP contribution in [-0.2, 0) is 6.42 Å². The van der Waals surface area contributed by atoms with Crippen molar-refractivity contribution >= 4 is 10.8 Å². The third kappa shape index (κ3) is 3.73. The van der Waals surface area contributed by atoms with Crippen molar-refractivity contribution in [3.05, 3.63) is 42.0 Å². The number of ether oxygens (including phenoxy) is 1. The van der Waals surface area contributed by atoms with Crippen molar-refractivity contribution in [1.82, 2.24) is 0 Å². The van der Waals surface area contributed by atoms with E-state index >= 15 is 0 Å². The first kappa shape index (κ1) is 13.9. The number of hydrogen-bond donors (Lipinski definition) is 0. The molecule has 0 saturated carbocycles. The SMILES string of the molecule is CCCCCc1ccc2cccc(OCCC)c2c1. The fourth-order valence-corrected chi connectivity index (χ4v) is 2.36. The van der Waals surface area contributed by atoms with E-state index in [0.717, 1.165) is 18.8 Å². The number of hydrogen-bond acceptors (Lipinski definition) is 1. The van der Waals surface area contributed by atoms with Crippen LogP contribution >= 0.6 is 0 Å². The summed E-state index contributed by atoms with van der Waals surface area (Å²) in [6.07, 6.45) is 6.09. The van der Waals surface area contributed by atoms with Gasteiger partial charge in [-0.25, -0.2) is 0 Å². The first-order chi connectivity index (χ1) is 9.35. The van der Waals surface area contributed by atoms with Gasteiger partial charge in [-0.2, -0.15) is 0 Å². The van der Waals surface area contributed by atoms with Gasteiger partial charge < -0.3 is 4.74 Å². The monoisotopic (exact) mass is 256 g/mol. The highest BCUT2D eigenvalue weighted by atomic mass is 16.5. The van der Waals surface area contributed by atoms with Gasteiger partial charge in [0.05, 0.1) is 6.61 Å². The Morgan fingerprint density at radius 2 is 1.84 bits per heavy atom. The molecule has 1 heteroatoms. The number of unbranched alkanes of at least 4 members (excludes halogenated alkanes) is 2. The maximum atomic E-state index is 5.85. The normalized spacial score (nSPS) is 10.8. The van der Waals surface area contributed by atoms with Gasteiger partial charge in [-0.05, 0) is 42.3 Å². The van der Waals surface area contributed by atoms with E-state index in [2.05, 4.69) is 50.2 Å². The summed E-state index contributed by atoms with van der Waals surface area (Å²) in [7, 11) is 0. The molecule has 0 spiro atoms. The molecule has 0 aliphatic rings. The van der Waals surface area contributed by atoms with Gasteiger partial charge in [-0.15, -0.1) is 0 Å². The van der Waals surface area contributed by atoms with Crippen molar-refractivity contribution in [1.29, 1.82) is 0 Å². The first-order valence-corrected chi connectivity index (χ1v) is 7.49. The molecule has 0 amide bonds.